The minimum Gasteiger partial charge on any atom is -0.444 e. The Balaban J connectivity index is 2.22. The molecule has 1 saturated heterocycles. The van der Waals surface area contributed by atoms with Crippen LogP contribution in [0.4, 0.5) is 4.79 Å². The van der Waals surface area contributed by atoms with E-state index in [9.17, 15) is 4.79 Å². The number of nitrogens with one attached hydrogen (secondary N) is 1. The van der Waals surface area contributed by atoms with Crippen molar-refractivity contribution in [3.05, 3.63) is 0 Å². The van der Waals surface area contributed by atoms with Gasteiger partial charge in [-0.3, -0.25) is 0 Å². The van der Waals surface area contributed by atoms with Gasteiger partial charge in [0.25, 0.3) is 0 Å². The van der Waals surface area contributed by atoms with Crippen LogP contribution in [0.25, 0.3) is 0 Å². The summed E-state index contributed by atoms with van der Waals surface area (Å²) < 4.78 is 5.20. The number of rotatable bonds is 3. The first-order chi connectivity index (χ1) is 7.37. The molecule has 0 bridgehead atoms. The summed E-state index contributed by atoms with van der Waals surface area (Å²) in [6.07, 6.45) is 2.23. The van der Waals surface area contributed by atoms with Gasteiger partial charge in [0.05, 0.1) is 0 Å². The molecule has 0 saturated carbocycles. The monoisotopic (exact) mass is 228 g/mol. The van der Waals surface area contributed by atoms with Crippen molar-refractivity contribution in [2.24, 2.45) is 0 Å². The highest BCUT2D eigenvalue weighted by Gasteiger charge is 2.19. The smallest absolute Gasteiger partial charge is 0.407 e. The van der Waals surface area contributed by atoms with Gasteiger partial charge in [0.2, 0.25) is 0 Å². The molecule has 1 heterocycles. The minimum absolute atomic E-state index is 0.146. The Morgan fingerprint density at radius 1 is 1.38 bits per heavy atom. The third-order valence-electron chi connectivity index (χ3n) is 2.49. The van der Waals surface area contributed by atoms with E-state index >= 15 is 0 Å². The van der Waals surface area contributed by atoms with Crippen LogP contribution in [-0.4, -0.2) is 42.3 Å². The van der Waals surface area contributed by atoms with E-state index in [1.165, 1.54) is 12.8 Å². The molecule has 1 fully saturated rings. The lowest BCUT2D eigenvalue weighted by atomic mass is 10.2. The molecule has 1 aliphatic rings. The third-order valence-corrected chi connectivity index (χ3v) is 2.49. The summed E-state index contributed by atoms with van der Waals surface area (Å²) in [5, 5.41) is 2.86. The van der Waals surface area contributed by atoms with Gasteiger partial charge in [-0.05, 0) is 53.6 Å². The average molecular weight is 228 g/mol. The fourth-order valence-corrected chi connectivity index (χ4v) is 1.91. The normalized spacial score (nSPS) is 19.5. The average Bonchev–Trinajstić information content (AvgIpc) is 2.51. The maximum absolute atomic E-state index is 11.5. The van der Waals surface area contributed by atoms with Crippen molar-refractivity contribution >= 4 is 6.09 Å². The zero-order valence-electron chi connectivity index (χ0n) is 10.9. The van der Waals surface area contributed by atoms with Gasteiger partial charge in [-0.25, -0.2) is 4.79 Å². The Morgan fingerprint density at radius 3 is 2.44 bits per heavy atom. The molecule has 1 amide bonds. The van der Waals surface area contributed by atoms with E-state index in [2.05, 4.69) is 10.2 Å². The van der Waals surface area contributed by atoms with Gasteiger partial charge >= 0.3 is 6.09 Å². The number of amides is 1. The largest absolute Gasteiger partial charge is 0.444 e. The first-order valence-corrected chi connectivity index (χ1v) is 6.09. The number of hydrogen-bond acceptors (Lipinski definition) is 3. The Kier molecular flexibility index (Phi) is 4.59. The van der Waals surface area contributed by atoms with Crippen molar-refractivity contribution in [1.29, 1.82) is 0 Å². The van der Waals surface area contributed by atoms with E-state index in [-0.39, 0.29) is 12.1 Å². The van der Waals surface area contributed by atoms with Crippen LogP contribution in [0.2, 0.25) is 0 Å². The van der Waals surface area contributed by atoms with Crippen LogP contribution >= 0.6 is 0 Å². The number of carbonyl (C=O) groups is 1. The molecule has 4 heteroatoms. The fourth-order valence-electron chi connectivity index (χ4n) is 1.91. The van der Waals surface area contributed by atoms with Gasteiger partial charge in [-0.2, -0.15) is 0 Å². The third kappa shape index (κ3) is 5.35. The number of nitrogens with zero attached hydrogens (tertiary/aromatic N) is 1. The van der Waals surface area contributed by atoms with Crippen LogP contribution < -0.4 is 5.32 Å². The van der Waals surface area contributed by atoms with Crippen LogP contribution in [-0.2, 0) is 4.74 Å². The molecule has 16 heavy (non-hydrogen) atoms. The summed E-state index contributed by atoms with van der Waals surface area (Å²) in [5.74, 6) is 0. The highest BCUT2D eigenvalue weighted by Crippen LogP contribution is 2.09. The molecule has 0 aromatic rings. The van der Waals surface area contributed by atoms with E-state index in [1.807, 2.05) is 27.7 Å². The molecule has 0 aromatic carbocycles. The molecule has 1 N–H and O–H groups in total. The molecule has 0 unspecified atom stereocenters. The molecule has 0 aromatic heterocycles. The van der Waals surface area contributed by atoms with Crippen molar-refractivity contribution < 1.29 is 9.53 Å². The van der Waals surface area contributed by atoms with Crippen molar-refractivity contribution in [3.63, 3.8) is 0 Å². The van der Waals surface area contributed by atoms with E-state index in [0.717, 1.165) is 19.6 Å². The standard InChI is InChI=1S/C12H24N2O2/c1-10(9-14-7-5-6-8-14)13-11(15)16-12(2,3)4/h10H,5-9H2,1-4H3,(H,13,15)/t10-/m1/s1. The number of hydrogen-bond donors (Lipinski definition) is 1. The Hall–Kier alpha value is -0.770. The second kappa shape index (κ2) is 5.53. The maximum Gasteiger partial charge on any atom is 0.407 e. The summed E-state index contributed by atoms with van der Waals surface area (Å²) in [4.78, 5) is 13.9. The zero-order valence-corrected chi connectivity index (χ0v) is 10.9. The topological polar surface area (TPSA) is 41.6 Å². The second-order valence-corrected chi connectivity index (χ2v) is 5.55. The molecule has 1 rings (SSSR count). The molecule has 1 atom stereocenters. The van der Waals surface area contributed by atoms with E-state index in [1.54, 1.807) is 0 Å². The highest BCUT2D eigenvalue weighted by atomic mass is 16.6. The number of alkyl carbamates (subject to hydrolysis) is 1. The van der Waals surface area contributed by atoms with Crippen LogP contribution in [0.3, 0.4) is 0 Å². The molecular formula is C12H24N2O2. The maximum atomic E-state index is 11.5. The summed E-state index contributed by atoms with van der Waals surface area (Å²) in [6.45, 7) is 10.9. The lowest BCUT2D eigenvalue weighted by molar-refractivity contribution is 0.0499. The first-order valence-electron chi connectivity index (χ1n) is 6.09. The Bertz CT molecular complexity index is 230. The molecule has 0 spiro atoms. The van der Waals surface area contributed by atoms with Crippen LogP contribution in [0.5, 0.6) is 0 Å². The lowest BCUT2D eigenvalue weighted by Gasteiger charge is -2.24. The molecule has 94 valence electrons. The summed E-state index contributed by atoms with van der Waals surface area (Å²) in [7, 11) is 0. The van der Waals surface area contributed by atoms with Gasteiger partial charge in [-0.1, -0.05) is 0 Å². The quantitative estimate of drug-likeness (QED) is 0.803. The Morgan fingerprint density at radius 2 is 1.94 bits per heavy atom. The summed E-state index contributed by atoms with van der Waals surface area (Å²) >= 11 is 0. The Labute approximate surface area is 98.3 Å². The van der Waals surface area contributed by atoms with E-state index in [4.69, 9.17) is 4.74 Å². The van der Waals surface area contributed by atoms with Crippen LogP contribution in [0.15, 0.2) is 0 Å². The van der Waals surface area contributed by atoms with E-state index in [0.29, 0.717) is 0 Å². The second-order valence-electron chi connectivity index (χ2n) is 5.55. The van der Waals surface area contributed by atoms with Crippen molar-refractivity contribution in [3.8, 4) is 0 Å². The van der Waals surface area contributed by atoms with Gasteiger partial charge < -0.3 is 15.0 Å². The number of carbonyl (C=O) groups excluding carboxylic acids is 1. The van der Waals surface area contributed by atoms with Gasteiger partial charge in [0.15, 0.2) is 0 Å². The number of likely N-dealkylation sites (tertiary alicyclic amines) is 1. The zero-order chi connectivity index (χ0) is 12.2. The first kappa shape index (κ1) is 13.3. The van der Waals surface area contributed by atoms with E-state index < -0.39 is 5.60 Å². The molecule has 1 aliphatic heterocycles. The summed E-state index contributed by atoms with van der Waals surface area (Å²) in [6, 6.07) is 0.146. The SMILES string of the molecule is C[C@H](CN1CCCC1)NC(=O)OC(C)(C)C. The van der Waals surface area contributed by atoms with Crippen LogP contribution in [0, 0.1) is 0 Å². The van der Waals surface area contributed by atoms with Crippen molar-refractivity contribution in [2.75, 3.05) is 19.6 Å². The van der Waals surface area contributed by atoms with Gasteiger partial charge in [0, 0.05) is 12.6 Å². The minimum atomic E-state index is -0.419. The highest BCUT2D eigenvalue weighted by molar-refractivity contribution is 5.68. The van der Waals surface area contributed by atoms with Gasteiger partial charge in [0.1, 0.15) is 5.60 Å². The van der Waals surface area contributed by atoms with Gasteiger partial charge in [-0.15, -0.1) is 0 Å². The molecule has 0 radical (unpaired) electrons. The van der Waals surface area contributed by atoms with Crippen molar-refractivity contribution in [1.82, 2.24) is 10.2 Å². The predicted molar refractivity (Wildman–Crippen MR) is 64.5 cm³/mol. The summed E-state index contributed by atoms with van der Waals surface area (Å²) in [5.41, 5.74) is -0.419. The van der Waals surface area contributed by atoms with Crippen LogP contribution in [0.1, 0.15) is 40.5 Å². The molecule has 0 aliphatic carbocycles. The predicted octanol–water partition coefficient (Wildman–Crippen LogP) is 2.00. The fraction of sp³-hybridized carbons (Fsp3) is 0.917. The number of ether oxygens (including phenoxy) is 1. The lowest BCUT2D eigenvalue weighted by Crippen LogP contribution is -2.43. The molecule has 4 nitrogen and oxygen atoms in total. The molecular weight excluding hydrogens is 204 g/mol. The van der Waals surface area contributed by atoms with Crippen molar-refractivity contribution in [2.45, 2.75) is 52.2 Å².